The molecule has 2 rings (SSSR count). The van der Waals surface area contributed by atoms with Gasteiger partial charge in [0.15, 0.2) is 11.5 Å². The lowest BCUT2D eigenvalue weighted by molar-refractivity contribution is 0.290. The fourth-order valence-corrected chi connectivity index (χ4v) is 2.00. The van der Waals surface area contributed by atoms with Crippen LogP contribution in [0.25, 0.3) is 0 Å². The minimum absolute atomic E-state index is 0.230. The van der Waals surface area contributed by atoms with E-state index in [0.717, 1.165) is 11.3 Å². The highest BCUT2D eigenvalue weighted by atomic mass is 16.5. The Labute approximate surface area is 125 Å². The maximum absolute atomic E-state index is 6.17. The van der Waals surface area contributed by atoms with Gasteiger partial charge in [0.2, 0.25) is 0 Å². The average Bonchev–Trinajstić information content (AvgIpc) is 2.53. The van der Waals surface area contributed by atoms with Crippen molar-refractivity contribution in [3.63, 3.8) is 0 Å². The van der Waals surface area contributed by atoms with Crippen molar-refractivity contribution in [3.05, 3.63) is 53.6 Å². The summed E-state index contributed by atoms with van der Waals surface area (Å²) < 4.78 is 16.2. The Morgan fingerprint density at radius 2 is 1.62 bits per heavy atom. The number of nitrogens with two attached hydrogens (primary N) is 1. The number of methoxy groups -OCH3 is 2. The van der Waals surface area contributed by atoms with Crippen molar-refractivity contribution in [1.29, 1.82) is 0 Å². The van der Waals surface area contributed by atoms with E-state index in [1.807, 2.05) is 49.4 Å². The molecular weight excluding hydrogens is 266 g/mol. The van der Waals surface area contributed by atoms with Gasteiger partial charge in [-0.3, -0.25) is 0 Å². The van der Waals surface area contributed by atoms with Crippen molar-refractivity contribution in [2.75, 3.05) is 20.8 Å². The van der Waals surface area contributed by atoms with E-state index in [4.69, 9.17) is 19.9 Å². The van der Waals surface area contributed by atoms with Crippen LogP contribution in [0.15, 0.2) is 42.5 Å². The highest BCUT2D eigenvalue weighted by molar-refractivity contribution is 5.43. The first-order valence-corrected chi connectivity index (χ1v) is 6.81. The Bertz CT molecular complexity index is 581. The average molecular weight is 287 g/mol. The predicted molar refractivity (Wildman–Crippen MR) is 83.1 cm³/mol. The SMILES string of the molecule is COc1ccc(C(N)COc2ccc(C)cc2)cc1OC. The third-order valence-corrected chi connectivity index (χ3v) is 3.29. The van der Waals surface area contributed by atoms with Gasteiger partial charge < -0.3 is 19.9 Å². The summed E-state index contributed by atoms with van der Waals surface area (Å²) in [5.41, 5.74) is 8.31. The van der Waals surface area contributed by atoms with Crippen LogP contribution >= 0.6 is 0 Å². The van der Waals surface area contributed by atoms with E-state index < -0.39 is 0 Å². The second-order valence-corrected chi connectivity index (χ2v) is 4.84. The molecule has 1 unspecified atom stereocenters. The fraction of sp³-hybridized carbons (Fsp3) is 0.294. The Kier molecular flexibility index (Phi) is 5.06. The van der Waals surface area contributed by atoms with Gasteiger partial charge in [0.25, 0.3) is 0 Å². The molecule has 0 bridgehead atoms. The Balaban J connectivity index is 2.02. The molecule has 4 nitrogen and oxygen atoms in total. The molecule has 0 saturated heterocycles. The van der Waals surface area contributed by atoms with Crippen LogP contribution in [0.5, 0.6) is 17.2 Å². The lowest BCUT2D eigenvalue weighted by atomic mass is 10.1. The van der Waals surface area contributed by atoms with Crippen molar-refractivity contribution >= 4 is 0 Å². The van der Waals surface area contributed by atoms with Crippen LogP contribution in [0, 0.1) is 6.92 Å². The summed E-state index contributed by atoms with van der Waals surface area (Å²) in [6.07, 6.45) is 0. The molecule has 0 spiro atoms. The molecule has 0 aromatic heterocycles. The minimum Gasteiger partial charge on any atom is -0.493 e. The molecule has 0 amide bonds. The Morgan fingerprint density at radius 1 is 0.952 bits per heavy atom. The molecule has 4 heteroatoms. The molecule has 112 valence electrons. The topological polar surface area (TPSA) is 53.7 Å². The van der Waals surface area contributed by atoms with Gasteiger partial charge >= 0.3 is 0 Å². The largest absolute Gasteiger partial charge is 0.493 e. The fourth-order valence-electron chi connectivity index (χ4n) is 2.00. The van der Waals surface area contributed by atoms with Gasteiger partial charge in [-0.05, 0) is 36.8 Å². The van der Waals surface area contributed by atoms with Gasteiger partial charge in [0, 0.05) is 0 Å². The van der Waals surface area contributed by atoms with Crippen LogP contribution in [-0.2, 0) is 0 Å². The number of hydrogen-bond donors (Lipinski definition) is 1. The van der Waals surface area contributed by atoms with E-state index in [1.165, 1.54) is 5.56 Å². The zero-order chi connectivity index (χ0) is 15.2. The van der Waals surface area contributed by atoms with Gasteiger partial charge in [0.1, 0.15) is 12.4 Å². The zero-order valence-electron chi connectivity index (χ0n) is 12.6. The number of aryl methyl sites for hydroxylation is 1. The quantitative estimate of drug-likeness (QED) is 0.887. The third kappa shape index (κ3) is 3.89. The second kappa shape index (κ2) is 6.99. The van der Waals surface area contributed by atoms with Crippen molar-refractivity contribution in [3.8, 4) is 17.2 Å². The molecule has 0 fully saturated rings. The normalized spacial score (nSPS) is 11.8. The molecule has 0 aliphatic carbocycles. The molecule has 0 heterocycles. The van der Waals surface area contributed by atoms with Crippen LogP contribution in [0.1, 0.15) is 17.2 Å². The summed E-state index contributed by atoms with van der Waals surface area (Å²) in [6, 6.07) is 13.3. The molecule has 0 radical (unpaired) electrons. The van der Waals surface area contributed by atoms with Crippen LogP contribution in [0.3, 0.4) is 0 Å². The lowest BCUT2D eigenvalue weighted by Gasteiger charge is -2.16. The number of benzene rings is 2. The smallest absolute Gasteiger partial charge is 0.161 e. The summed E-state index contributed by atoms with van der Waals surface area (Å²) in [5.74, 6) is 2.17. The highest BCUT2D eigenvalue weighted by Crippen LogP contribution is 2.29. The third-order valence-electron chi connectivity index (χ3n) is 3.29. The van der Waals surface area contributed by atoms with Crippen molar-refractivity contribution in [1.82, 2.24) is 0 Å². The first-order chi connectivity index (χ1) is 10.1. The molecule has 2 aromatic rings. The van der Waals surface area contributed by atoms with Crippen molar-refractivity contribution in [2.45, 2.75) is 13.0 Å². The van der Waals surface area contributed by atoms with E-state index in [-0.39, 0.29) is 6.04 Å². The maximum atomic E-state index is 6.17. The van der Waals surface area contributed by atoms with E-state index >= 15 is 0 Å². The second-order valence-electron chi connectivity index (χ2n) is 4.84. The number of rotatable bonds is 6. The summed E-state index contributed by atoms with van der Waals surface area (Å²) in [6.45, 7) is 2.44. The first kappa shape index (κ1) is 15.2. The molecule has 0 aliphatic heterocycles. The number of hydrogen-bond acceptors (Lipinski definition) is 4. The van der Waals surface area contributed by atoms with Gasteiger partial charge in [-0.25, -0.2) is 0 Å². The predicted octanol–water partition coefficient (Wildman–Crippen LogP) is 3.09. The van der Waals surface area contributed by atoms with Gasteiger partial charge in [-0.15, -0.1) is 0 Å². The molecule has 21 heavy (non-hydrogen) atoms. The molecule has 1 atom stereocenters. The molecule has 0 aliphatic rings. The lowest BCUT2D eigenvalue weighted by Crippen LogP contribution is -2.19. The van der Waals surface area contributed by atoms with E-state index in [2.05, 4.69) is 0 Å². The van der Waals surface area contributed by atoms with E-state index in [1.54, 1.807) is 14.2 Å². The Morgan fingerprint density at radius 3 is 2.24 bits per heavy atom. The van der Waals surface area contributed by atoms with Crippen LogP contribution in [0.2, 0.25) is 0 Å². The van der Waals surface area contributed by atoms with E-state index in [0.29, 0.717) is 18.1 Å². The van der Waals surface area contributed by atoms with Crippen molar-refractivity contribution < 1.29 is 14.2 Å². The molecule has 0 saturated carbocycles. The standard InChI is InChI=1S/C17H21NO3/c1-12-4-7-14(8-5-12)21-11-15(18)13-6-9-16(19-2)17(10-13)20-3/h4-10,15H,11,18H2,1-3H3. The molecular formula is C17H21NO3. The van der Waals surface area contributed by atoms with Gasteiger partial charge in [-0.2, -0.15) is 0 Å². The maximum Gasteiger partial charge on any atom is 0.161 e. The summed E-state index contributed by atoms with van der Waals surface area (Å²) in [7, 11) is 3.22. The van der Waals surface area contributed by atoms with Crippen LogP contribution < -0.4 is 19.9 Å². The van der Waals surface area contributed by atoms with E-state index in [9.17, 15) is 0 Å². The first-order valence-electron chi connectivity index (χ1n) is 6.81. The Hall–Kier alpha value is -2.20. The molecule has 2 aromatic carbocycles. The summed E-state index contributed by atoms with van der Waals surface area (Å²) in [4.78, 5) is 0. The summed E-state index contributed by atoms with van der Waals surface area (Å²) in [5, 5.41) is 0. The summed E-state index contributed by atoms with van der Waals surface area (Å²) >= 11 is 0. The van der Waals surface area contributed by atoms with Gasteiger partial charge in [-0.1, -0.05) is 23.8 Å². The zero-order valence-corrected chi connectivity index (χ0v) is 12.6. The number of ether oxygens (including phenoxy) is 3. The van der Waals surface area contributed by atoms with Crippen molar-refractivity contribution in [2.24, 2.45) is 5.73 Å². The van der Waals surface area contributed by atoms with Crippen LogP contribution in [0.4, 0.5) is 0 Å². The van der Waals surface area contributed by atoms with Gasteiger partial charge in [0.05, 0.1) is 20.3 Å². The monoisotopic (exact) mass is 287 g/mol. The minimum atomic E-state index is -0.230. The highest BCUT2D eigenvalue weighted by Gasteiger charge is 2.11. The van der Waals surface area contributed by atoms with Crippen LogP contribution in [-0.4, -0.2) is 20.8 Å². The molecule has 2 N–H and O–H groups in total.